The number of hydrogen-bond acceptors (Lipinski definition) is 5. The molecule has 1 atom stereocenters. The van der Waals surface area contributed by atoms with Crippen LogP contribution in [0.15, 0.2) is 24.3 Å². The number of carbonyl (C=O) groups is 1. The Morgan fingerprint density at radius 2 is 2.17 bits per heavy atom. The quantitative estimate of drug-likeness (QED) is 0.658. The van der Waals surface area contributed by atoms with Gasteiger partial charge >= 0.3 is 6.09 Å². The molecule has 1 fully saturated rings. The molecule has 18 heavy (non-hydrogen) atoms. The topological polar surface area (TPSA) is 90.7 Å². The van der Waals surface area contributed by atoms with Crippen molar-refractivity contribution in [3.63, 3.8) is 0 Å². The first-order chi connectivity index (χ1) is 8.65. The molecule has 2 rings (SSSR count). The molecule has 1 aliphatic heterocycles. The second-order valence-electron chi connectivity index (χ2n) is 3.78. The van der Waals surface area contributed by atoms with Crippen LogP contribution in [-0.2, 0) is 9.47 Å². The zero-order valence-corrected chi connectivity index (χ0v) is 9.50. The lowest BCUT2D eigenvalue weighted by Gasteiger charge is -2.11. The third-order valence-electron chi connectivity index (χ3n) is 2.45. The van der Waals surface area contributed by atoms with E-state index in [-0.39, 0.29) is 5.69 Å². The lowest BCUT2D eigenvalue weighted by molar-refractivity contribution is -0.384. The molecule has 0 radical (unpaired) electrons. The summed E-state index contributed by atoms with van der Waals surface area (Å²) in [6.45, 7) is 0.593. The summed E-state index contributed by atoms with van der Waals surface area (Å²) in [6, 6.07) is 5.49. The lowest BCUT2D eigenvalue weighted by Crippen LogP contribution is -2.21. The number of nitrogens with zero attached hydrogens (tertiary/aromatic N) is 1. The Bertz CT molecular complexity index is 439. The molecule has 0 spiro atoms. The summed E-state index contributed by atoms with van der Waals surface area (Å²) in [5.41, 5.74) is 0.400. The monoisotopic (exact) mass is 252 g/mol. The molecule has 1 amide bonds. The van der Waals surface area contributed by atoms with Gasteiger partial charge in [0.05, 0.1) is 11.5 Å². The van der Waals surface area contributed by atoms with Gasteiger partial charge in [-0.3, -0.25) is 15.4 Å². The van der Waals surface area contributed by atoms with Crippen LogP contribution in [0.2, 0.25) is 0 Å². The summed E-state index contributed by atoms with van der Waals surface area (Å²) in [7, 11) is 0. The van der Waals surface area contributed by atoms with Crippen molar-refractivity contribution in [2.24, 2.45) is 0 Å². The van der Waals surface area contributed by atoms with Crippen LogP contribution >= 0.6 is 0 Å². The van der Waals surface area contributed by atoms with Crippen LogP contribution in [0.1, 0.15) is 12.8 Å². The Morgan fingerprint density at radius 3 is 2.72 bits per heavy atom. The van der Waals surface area contributed by atoms with Gasteiger partial charge < -0.3 is 9.47 Å². The highest BCUT2D eigenvalue weighted by Gasteiger charge is 2.19. The van der Waals surface area contributed by atoms with E-state index in [1.54, 1.807) is 0 Å². The number of amides is 1. The Labute approximate surface area is 103 Å². The number of rotatable bonds is 3. The van der Waals surface area contributed by atoms with Crippen molar-refractivity contribution in [1.82, 2.24) is 0 Å². The van der Waals surface area contributed by atoms with E-state index in [4.69, 9.17) is 9.47 Å². The van der Waals surface area contributed by atoms with E-state index in [1.807, 2.05) is 0 Å². The van der Waals surface area contributed by atoms with E-state index in [9.17, 15) is 14.9 Å². The van der Waals surface area contributed by atoms with Gasteiger partial charge in [0.2, 0.25) is 6.29 Å². The summed E-state index contributed by atoms with van der Waals surface area (Å²) in [5.74, 6) is 0. The maximum atomic E-state index is 11.4. The maximum Gasteiger partial charge on any atom is 0.413 e. The number of ether oxygens (including phenoxy) is 2. The Balaban J connectivity index is 1.88. The molecule has 7 nitrogen and oxygen atoms in total. The summed E-state index contributed by atoms with van der Waals surface area (Å²) in [5, 5.41) is 12.9. The first-order valence-corrected chi connectivity index (χ1v) is 5.49. The van der Waals surface area contributed by atoms with Gasteiger partial charge in [0, 0.05) is 24.2 Å². The molecule has 1 aliphatic rings. The smallest absolute Gasteiger partial charge is 0.413 e. The van der Waals surface area contributed by atoms with E-state index in [0.29, 0.717) is 18.7 Å². The first-order valence-electron chi connectivity index (χ1n) is 5.49. The lowest BCUT2D eigenvalue weighted by atomic mass is 10.3. The number of anilines is 1. The van der Waals surface area contributed by atoms with E-state index in [1.165, 1.54) is 24.3 Å². The van der Waals surface area contributed by atoms with Gasteiger partial charge in [-0.2, -0.15) is 0 Å². The van der Waals surface area contributed by atoms with Crippen molar-refractivity contribution in [2.75, 3.05) is 11.9 Å². The highest BCUT2D eigenvalue weighted by Crippen LogP contribution is 2.17. The zero-order chi connectivity index (χ0) is 13.0. The number of benzene rings is 1. The minimum atomic E-state index is -0.629. The predicted octanol–water partition coefficient (Wildman–Crippen LogP) is 2.28. The van der Waals surface area contributed by atoms with E-state index >= 15 is 0 Å². The van der Waals surface area contributed by atoms with Gasteiger partial charge in [0.25, 0.3) is 5.69 Å². The first kappa shape index (κ1) is 12.3. The summed E-state index contributed by atoms with van der Waals surface area (Å²) in [6.07, 6.45) is 0.433. The van der Waals surface area contributed by atoms with Crippen LogP contribution in [0.3, 0.4) is 0 Å². The number of carbonyl (C=O) groups excluding carboxylic acids is 1. The zero-order valence-electron chi connectivity index (χ0n) is 9.50. The average Bonchev–Trinajstić information content (AvgIpc) is 2.82. The molecule has 1 aromatic carbocycles. The minimum Gasteiger partial charge on any atom is -0.419 e. The van der Waals surface area contributed by atoms with Gasteiger partial charge in [-0.25, -0.2) is 4.79 Å². The fourth-order valence-corrected chi connectivity index (χ4v) is 1.57. The summed E-state index contributed by atoms with van der Waals surface area (Å²) in [4.78, 5) is 21.4. The molecule has 0 aromatic heterocycles. The fourth-order valence-electron chi connectivity index (χ4n) is 1.57. The standard InChI is InChI=1S/C11H12N2O5/c14-11(18-10-2-1-7-17-10)12-8-3-5-9(6-4-8)13(15)16/h3-6,10H,1-2,7H2,(H,12,14). The van der Waals surface area contributed by atoms with Crippen molar-refractivity contribution < 1.29 is 19.2 Å². The third-order valence-corrected chi connectivity index (χ3v) is 2.45. The largest absolute Gasteiger partial charge is 0.419 e. The van der Waals surface area contributed by atoms with Gasteiger partial charge in [-0.05, 0) is 18.6 Å². The minimum absolute atomic E-state index is 0.0342. The fraction of sp³-hybridized carbons (Fsp3) is 0.364. The number of nitro benzene ring substituents is 1. The van der Waals surface area contributed by atoms with Gasteiger partial charge in [0.15, 0.2) is 0 Å². The Morgan fingerprint density at radius 1 is 1.44 bits per heavy atom. The number of nitro groups is 1. The number of nitrogens with one attached hydrogen (secondary N) is 1. The molecule has 1 saturated heterocycles. The van der Waals surface area contributed by atoms with Gasteiger partial charge in [-0.15, -0.1) is 0 Å². The predicted molar refractivity (Wildman–Crippen MR) is 62.2 cm³/mol. The van der Waals surface area contributed by atoms with Crippen LogP contribution < -0.4 is 5.32 Å². The second kappa shape index (κ2) is 5.46. The van der Waals surface area contributed by atoms with Crippen molar-refractivity contribution in [3.05, 3.63) is 34.4 Å². The normalized spacial score (nSPS) is 18.3. The van der Waals surface area contributed by atoms with Crippen LogP contribution in [0.4, 0.5) is 16.2 Å². The molecule has 0 saturated carbocycles. The maximum absolute atomic E-state index is 11.4. The van der Waals surface area contributed by atoms with Crippen LogP contribution in [0.5, 0.6) is 0 Å². The van der Waals surface area contributed by atoms with E-state index in [2.05, 4.69) is 5.32 Å². The number of non-ortho nitro benzene ring substituents is 1. The Kier molecular flexibility index (Phi) is 3.73. The number of hydrogen-bond donors (Lipinski definition) is 1. The molecule has 1 N–H and O–H groups in total. The van der Waals surface area contributed by atoms with Crippen LogP contribution in [-0.4, -0.2) is 23.9 Å². The highest BCUT2D eigenvalue weighted by atomic mass is 16.7. The molecule has 1 unspecified atom stereocenters. The molecular formula is C11H12N2O5. The highest BCUT2D eigenvalue weighted by molar-refractivity contribution is 5.84. The van der Waals surface area contributed by atoms with Crippen molar-refractivity contribution in [2.45, 2.75) is 19.1 Å². The molecule has 1 heterocycles. The van der Waals surface area contributed by atoms with Crippen molar-refractivity contribution in [1.29, 1.82) is 0 Å². The van der Waals surface area contributed by atoms with Crippen molar-refractivity contribution in [3.8, 4) is 0 Å². The third kappa shape index (κ3) is 3.17. The summed E-state index contributed by atoms with van der Waals surface area (Å²) < 4.78 is 10.1. The molecular weight excluding hydrogens is 240 g/mol. The molecule has 96 valence electrons. The van der Waals surface area contributed by atoms with Gasteiger partial charge in [-0.1, -0.05) is 0 Å². The second-order valence-corrected chi connectivity index (χ2v) is 3.78. The van der Waals surface area contributed by atoms with Crippen molar-refractivity contribution >= 4 is 17.5 Å². The van der Waals surface area contributed by atoms with Gasteiger partial charge in [0.1, 0.15) is 0 Å². The molecule has 1 aromatic rings. The van der Waals surface area contributed by atoms with E-state index < -0.39 is 17.3 Å². The average molecular weight is 252 g/mol. The molecule has 7 heteroatoms. The summed E-state index contributed by atoms with van der Waals surface area (Å²) >= 11 is 0. The molecule has 0 aliphatic carbocycles. The SMILES string of the molecule is O=C(Nc1ccc([N+](=O)[O-])cc1)OC1CCCO1. The Hall–Kier alpha value is -2.15. The van der Waals surface area contributed by atoms with Crippen LogP contribution in [0.25, 0.3) is 0 Å². The van der Waals surface area contributed by atoms with E-state index in [0.717, 1.165) is 6.42 Å². The van der Waals surface area contributed by atoms with Crippen LogP contribution in [0, 0.1) is 10.1 Å². The molecule has 0 bridgehead atoms.